The number of carbonyl (C=O) groups excluding carboxylic acids is 1. The molecule has 2 heteroatoms. The van der Waals surface area contributed by atoms with Gasteiger partial charge in [-0.3, -0.25) is 0 Å². The number of rotatable bonds is 2. The van der Waals surface area contributed by atoms with Crippen molar-refractivity contribution in [2.24, 2.45) is 0 Å². The van der Waals surface area contributed by atoms with Crippen LogP contribution in [0.3, 0.4) is 0 Å². The van der Waals surface area contributed by atoms with Crippen molar-refractivity contribution in [3.05, 3.63) is 6.08 Å². The maximum atomic E-state index is 9.67. The van der Waals surface area contributed by atoms with E-state index >= 15 is 0 Å². The van der Waals surface area contributed by atoms with Gasteiger partial charge in [0.15, 0.2) is 0 Å². The van der Waals surface area contributed by atoms with Crippen LogP contribution < -0.4 is 5.32 Å². The number of nitrogens with one attached hydrogen (secondary N) is 1. The zero-order valence-electron chi connectivity index (χ0n) is 6.19. The molecule has 0 aromatic rings. The Morgan fingerprint density at radius 1 is 1.56 bits per heavy atom. The van der Waals surface area contributed by atoms with Gasteiger partial charge >= 0.3 is 0 Å². The van der Waals surface area contributed by atoms with Gasteiger partial charge in [0.25, 0.3) is 0 Å². The molecule has 0 aromatic carbocycles. The first-order chi connectivity index (χ1) is 4.06. The van der Waals surface area contributed by atoms with E-state index in [-0.39, 0.29) is 5.54 Å². The van der Waals surface area contributed by atoms with Crippen LogP contribution >= 0.6 is 0 Å². The molecule has 0 unspecified atom stereocenters. The lowest BCUT2D eigenvalue weighted by atomic mass is 10.1. The Hall–Kier alpha value is -0.590. The molecule has 52 valence electrons. The van der Waals surface area contributed by atoms with E-state index in [2.05, 4.69) is 5.32 Å². The molecular weight excluding hydrogens is 114 g/mol. The summed E-state index contributed by atoms with van der Waals surface area (Å²) in [5.74, 6) is 1.70. The Kier molecular flexibility index (Phi) is 3.21. The van der Waals surface area contributed by atoms with Crippen LogP contribution in [0.15, 0.2) is 6.08 Å². The van der Waals surface area contributed by atoms with Gasteiger partial charge in [-0.05, 0) is 20.8 Å². The lowest BCUT2D eigenvalue weighted by Crippen LogP contribution is -2.35. The topological polar surface area (TPSA) is 29.1 Å². The number of hydrogen-bond acceptors (Lipinski definition) is 2. The van der Waals surface area contributed by atoms with E-state index < -0.39 is 0 Å². The molecule has 0 aromatic heterocycles. The van der Waals surface area contributed by atoms with Crippen LogP contribution in [0.4, 0.5) is 0 Å². The number of hydrogen-bond donors (Lipinski definition) is 1. The van der Waals surface area contributed by atoms with Crippen molar-refractivity contribution in [1.29, 1.82) is 0 Å². The standard InChI is InChI=1S/C7H13NO/c1-7(2,3)8-5-4-6-9/h4,8H,5H2,1-3H3. The van der Waals surface area contributed by atoms with Gasteiger partial charge in [0.05, 0.1) is 0 Å². The van der Waals surface area contributed by atoms with E-state index in [4.69, 9.17) is 0 Å². The van der Waals surface area contributed by atoms with Gasteiger partial charge in [0.2, 0.25) is 0 Å². The van der Waals surface area contributed by atoms with Crippen LogP contribution in [0.25, 0.3) is 0 Å². The van der Waals surface area contributed by atoms with E-state index in [1.54, 1.807) is 5.94 Å². The first-order valence-electron chi connectivity index (χ1n) is 3.00. The van der Waals surface area contributed by atoms with Crippen molar-refractivity contribution in [1.82, 2.24) is 5.32 Å². The van der Waals surface area contributed by atoms with Crippen LogP contribution in [0, 0.1) is 0 Å². The summed E-state index contributed by atoms with van der Waals surface area (Å²) in [6.07, 6.45) is 1.44. The molecule has 0 bridgehead atoms. The highest BCUT2D eigenvalue weighted by molar-refractivity contribution is 5.45. The molecule has 0 radical (unpaired) electrons. The highest BCUT2D eigenvalue weighted by atomic mass is 16.1. The smallest absolute Gasteiger partial charge is 0.121 e. The fourth-order valence-corrected chi connectivity index (χ4v) is 0.399. The summed E-state index contributed by atoms with van der Waals surface area (Å²) in [4.78, 5) is 9.67. The van der Waals surface area contributed by atoms with Crippen molar-refractivity contribution < 1.29 is 4.79 Å². The van der Waals surface area contributed by atoms with E-state index in [0.717, 1.165) is 0 Å². The van der Waals surface area contributed by atoms with Crippen molar-refractivity contribution in [3.8, 4) is 0 Å². The van der Waals surface area contributed by atoms with Crippen LogP contribution in [-0.2, 0) is 4.79 Å². The third kappa shape index (κ3) is 7.41. The summed E-state index contributed by atoms with van der Waals surface area (Å²) >= 11 is 0. The SMILES string of the molecule is CC(C)(C)NCC=C=O. The normalized spacial score (nSPS) is 10.6. The van der Waals surface area contributed by atoms with Gasteiger partial charge in [-0.2, -0.15) is 0 Å². The Bertz CT molecular complexity index is 117. The fourth-order valence-electron chi connectivity index (χ4n) is 0.399. The molecule has 0 rings (SSSR count). The minimum absolute atomic E-state index is 0.0906. The maximum Gasteiger partial charge on any atom is 0.121 e. The highest BCUT2D eigenvalue weighted by Gasteiger charge is 2.05. The summed E-state index contributed by atoms with van der Waals surface area (Å²) in [6.45, 7) is 6.75. The lowest BCUT2D eigenvalue weighted by Gasteiger charge is -2.18. The van der Waals surface area contributed by atoms with Crippen molar-refractivity contribution in [3.63, 3.8) is 0 Å². The largest absolute Gasteiger partial charge is 0.308 e. The van der Waals surface area contributed by atoms with E-state index in [0.29, 0.717) is 6.54 Å². The molecule has 1 N–H and O–H groups in total. The predicted molar refractivity (Wildman–Crippen MR) is 38.0 cm³/mol. The van der Waals surface area contributed by atoms with E-state index in [9.17, 15) is 4.79 Å². The average Bonchev–Trinajstić information content (AvgIpc) is 1.63. The Balaban J connectivity index is 3.39. The van der Waals surface area contributed by atoms with Crippen LogP contribution in [0.2, 0.25) is 0 Å². The van der Waals surface area contributed by atoms with Crippen LogP contribution in [0.1, 0.15) is 20.8 Å². The molecular formula is C7H13NO. The minimum atomic E-state index is 0.0906. The highest BCUT2D eigenvalue weighted by Crippen LogP contribution is 1.96. The second-order valence-corrected chi connectivity index (χ2v) is 2.95. The van der Waals surface area contributed by atoms with Gasteiger partial charge in [0.1, 0.15) is 5.94 Å². The molecule has 9 heavy (non-hydrogen) atoms. The zero-order valence-corrected chi connectivity index (χ0v) is 6.19. The molecule has 0 saturated heterocycles. The molecule has 0 aliphatic heterocycles. The fraction of sp³-hybridized carbons (Fsp3) is 0.714. The Morgan fingerprint density at radius 3 is 2.44 bits per heavy atom. The molecule has 0 amide bonds. The Labute approximate surface area is 56.0 Å². The molecule has 0 saturated carbocycles. The summed E-state index contributed by atoms with van der Waals surface area (Å²) in [7, 11) is 0. The first-order valence-corrected chi connectivity index (χ1v) is 3.00. The van der Waals surface area contributed by atoms with Gasteiger partial charge in [-0.15, -0.1) is 0 Å². The van der Waals surface area contributed by atoms with Crippen molar-refractivity contribution in [2.45, 2.75) is 26.3 Å². The van der Waals surface area contributed by atoms with Gasteiger partial charge < -0.3 is 5.32 Å². The maximum absolute atomic E-state index is 9.67. The first kappa shape index (κ1) is 8.41. The van der Waals surface area contributed by atoms with Crippen LogP contribution in [-0.4, -0.2) is 18.0 Å². The molecule has 0 aliphatic rings. The van der Waals surface area contributed by atoms with Gasteiger partial charge in [0, 0.05) is 18.2 Å². The third-order valence-electron chi connectivity index (χ3n) is 0.818. The molecule has 0 fully saturated rings. The summed E-state index contributed by atoms with van der Waals surface area (Å²) in [6, 6.07) is 0. The van der Waals surface area contributed by atoms with Gasteiger partial charge in [-0.1, -0.05) is 0 Å². The minimum Gasteiger partial charge on any atom is -0.308 e. The molecule has 0 aliphatic carbocycles. The summed E-state index contributed by atoms with van der Waals surface area (Å²) < 4.78 is 0. The van der Waals surface area contributed by atoms with Crippen molar-refractivity contribution >= 4 is 5.94 Å². The molecule has 0 heterocycles. The quantitative estimate of drug-likeness (QED) is 0.555. The average molecular weight is 127 g/mol. The monoisotopic (exact) mass is 127 g/mol. The van der Waals surface area contributed by atoms with Crippen molar-refractivity contribution in [2.75, 3.05) is 6.54 Å². The lowest BCUT2D eigenvalue weighted by molar-refractivity contribution is 0.449. The van der Waals surface area contributed by atoms with Gasteiger partial charge in [-0.25, -0.2) is 4.79 Å². The van der Waals surface area contributed by atoms with E-state index in [1.165, 1.54) is 6.08 Å². The van der Waals surface area contributed by atoms with E-state index in [1.807, 2.05) is 20.8 Å². The summed E-state index contributed by atoms with van der Waals surface area (Å²) in [5, 5.41) is 3.10. The second kappa shape index (κ2) is 3.44. The second-order valence-electron chi connectivity index (χ2n) is 2.95. The third-order valence-corrected chi connectivity index (χ3v) is 0.818. The molecule has 0 atom stereocenters. The predicted octanol–water partition coefficient (Wildman–Crippen LogP) is 0.762. The zero-order chi connectivity index (χ0) is 7.33. The molecule has 0 spiro atoms. The van der Waals surface area contributed by atoms with Crippen LogP contribution in [0.5, 0.6) is 0 Å². The Morgan fingerprint density at radius 2 is 2.11 bits per heavy atom. The summed E-state index contributed by atoms with van der Waals surface area (Å²) in [5.41, 5.74) is 0.0906. The molecule has 2 nitrogen and oxygen atoms in total.